The first-order chi connectivity index (χ1) is 5.99. The van der Waals surface area contributed by atoms with E-state index in [1.165, 1.54) is 0 Å². The second-order valence-electron chi connectivity index (χ2n) is 2.17. The smallest absolute Gasteiger partial charge is 0.451 e. The molecule has 0 aromatic rings. The molecule has 0 unspecified atom stereocenters. The van der Waals surface area contributed by atoms with Crippen LogP contribution in [0.3, 0.4) is 0 Å². The van der Waals surface area contributed by atoms with Gasteiger partial charge < -0.3 is 4.74 Å². The molecular weight excluding hydrogens is 223 g/mol. The van der Waals surface area contributed by atoms with E-state index in [1.807, 2.05) is 0 Å². The summed E-state index contributed by atoms with van der Waals surface area (Å²) in [6.07, 6.45) is -2.71. The zero-order valence-electron chi connectivity index (χ0n) is 7.84. The fourth-order valence-corrected chi connectivity index (χ4v) is 0.637. The Morgan fingerprint density at radius 1 is 1.36 bits per heavy atom. The van der Waals surface area contributed by atoms with Gasteiger partial charge in [-0.05, 0) is 0 Å². The first-order valence-electron chi connectivity index (χ1n) is 3.32. The van der Waals surface area contributed by atoms with E-state index < -0.39 is 28.4 Å². The van der Waals surface area contributed by atoms with Crippen LogP contribution in [0.4, 0.5) is 0 Å². The summed E-state index contributed by atoms with van der Waals surface area (Å²) in [4.78, 5) is 28.5. The summed E-state index contributed by atoms with van der Waals surface area (Å²) in [5.74, 6) is -0.700. The molecule has 0 aliphatic heterocycles. The Morgan fingerprint density at radius 3 is 2.07 bits per heavy atom. The molecule has 0 aromatic carbocycles. The molecule has 0 heterocycles. The van der Waals surface area contributed by atoms with E-state index in [1.54, 1.807) is 0 Å². The molecule has 0 aliphatic carbocycles. The molecule has 8 nitrogen and oxygen atoms in total. The number of rotatable bonds is 5. The normalized spacial score (nSPS) is 9.00. The molecule has 0 aromatic heterocycles. The van der Waals surface area contributed by atoms with Gasteiger partial charge in [0.2, 0.25) is 0 Å². The summed E-state index contributed by atoms with van der Waals surface area (Å²) in [6.45, 7) is 0. The van der Waals surface area contributed by atoms with Gasteiger partial charge in [0, 0.05) is 51.4 Å². The maximum absolute atomic E-state index is 10.5. The van der Waals surface area contributed by atoms with Crippen LogP contribution in [0.1, 0.15) is 12.8 Å². The topological polar surface area (TPSA) is 113 Å². The average molecular weight is 231 g/mol. The molecule has 0 aliphatic rings. The van der Waals surface area contributed by atoms with Crippen molar-refractivity contribution in [3.63, 3.8) is 0 Å². The number of carbonyl (C=O) groups excluding carboxylic acids is 1. The molecule has 0 N–H and O–H groups in total. The fourth-order valence-electron chi connectivity index (χ4n) is 0.637. The molecule has 0 saturated carbocycles. The van der Waals surface area contributed by atoms with Crippen LogP contribution in [0, 0.1) is 20.2 Å². The maximum atomic E-state index is 10.5. The van der Waals surface area contributed by atoms with E-state index in [0.717, 1.165) is 7.11 Å². The van der Waals surface area contributed by atoms with Crippen LogP contribution in [0.2, 0.25) is 0 Å². The van der Waals surface area contributed by atoms with Crippen LogP contribution in [0.5, 0.6) is 0 Å². The number of nitrogens with zero attached hydrogens (tertiary/aromatic N) is 2. The Hall–Kier alpha value is -0.0936. The molecule has 14 heavy (non-hydrogen) atoms. The molecule has 1 radical (unpaired) electrons. The van der Waals surface area contributed by atoms with Crippen LogP contribution < -0.4 is 0 Å². The Kier molecular flexibility index (Phi) is 9.61. The second-order valence-corrected chi connectivity index (χ2v) is 2.17. The Morgan fingerprint density at radius 2 is 1.79 bits per heavy atom. The summed E-state index contributed by atoms with van der Waals surface area (Å²) in [5, 5.41) is 20.1. The van der Waals surface area contributed by atoms with E-state index in [-0.39, 0.29) is 57.8 Å². The molecular formula is C5H8KN2O6. The maximum Gasteiger partial charge on any atom is 0.451 e. The minimum Gasteiger partial charge on any atom is -0.469 e. The van der Waals surface area contributed by atoms with Crippen LogP contribution in [0.25, 0.3) is 0 Å². The number of methoxy groups -OCH3 is 1. The van der Waals surface area contributed by atoms with Crippen molar-refractivity contribution in [3.8, 4) is 0 Å². The van der Waals surface area contributed by atoms with Crippen molar-refractivity contribution in [2.45, 2.75) is 19.0 Å². The summed E-state index contributed by atoms with van der Waals surface area (Å²) in [6, 6.07) is 0. The van der Waals surface area contributed by atoms with Gasteiger partial charge in [-0.1, -0.05) is 0 Å². The molecule has 0 rings (SSSR count). The van der Waals surface area contributed by atoms with Crippen molar-refractivity contribution in [3.05, 3.63) is 20.2 Å². The van der Waals surface area contributed by atoms with Crippen molar-refractivity contribution < 1.29 is 19.4 Å². The summed E-state index contributed by atoms with van der Waals surface area (Å²) in [7, 11) is 1.11. The Bertz CT molecular complexity index is 218. The number of nitro groups is 2. The SMILES string of the molecule is COC(=O)CCC([N+](=O)[O-])[N+](=O)[O-].[K]. The van der Waals surface area contributed by atoms with Crippen LogP contribution in [-0.4, -0.2) is 80.5 Å². The molecule has 0 atom stereocenters. The zero-order chi connectivity index (χ0) is 10.4. The summed E-state index contributed by atoms with van der Waals surface area (Å²) >= 11 is 0. The molecule has 0 spiro atoms. The predicted octanol–water partition coefficient (Wildman–Crippen LogP) is -0.562. The zero-order valence-corrected chi connectivity index (χ0v) is 11.0. The summed E-state index contributed by atoms with van der Waals surface area (Å²) < 4.78 is 4.18. The third-order valence-electron chi connectivity index (χ3n) is 1.32. The molecule has 9 heteroatoms. The largest absolute Gasteiger partial charge is 0.469 e. The van der Waals surface area contributed by atoms with E-state index >= 15 is 0 Å². The van der Waals surface area contributed by atoms with Gasteiger partial charge in [-0.25, -0.2) is 0 Å². The monoisotopic (exact) mass is 231 g/mol. The van der Waals surface area contributed by atoms with Crippen LogP contribution >= 0.6 is 0 Å². The third-order valence-corrected chi connectivity index (χ3v) is 1.32. The second kappa shape index (κ2) is 8.23. The minimum atomic E-state index is -1.93. The Balaban J connectivity index is 0. The summed E-state index contributed by atoms with van der Waals surface area (Å²) in [5.41, 5.74) is 0. The minimum absolute atomic E-state index is 0. The van der Waals surface area contributed by atoms with Crippen LogP contribution in [0.15, 0.2) is 0 Å². The predicted molar refractivity (Wildman–Crippen MR) is 44.8 cm³/mol. The first-order valence-corrected chi connectivity index (χ1v) is 3.32. The number of esters is 1. The Labute approximate surface area is 122 Å². The number of ether oxygens (including phenoxy) is 1. The number of hydrogen-bond acceptors (Lipinski definition) is 6. The van der Waals surface area contributed by atoms with Gasteiger partial charge in [-0.3, -0.25) is 25.0 Å². The van der Waals surface area contributed by atoms with E-state index in [4.69, 9.17) is 0 Å². The van der Waals surface area contributed by atoms with Gasteiger partial charge in [0.05, 0.1) is 29.8 Å². The molecule has 75 valence electrons. The molecule has 0 amide bonds. The van der Waals surface area contributed by atoms with E-state index in [2.05, 4.69) is 4.74 Å². The fraction of sp³-hybridized carbons (Fsp3) is 0.800. The first kappa shape index (κ1) is 16.3. The van der Waals surface area contributed by atoms with E-state index in [0.29, 0.717) is 0 Å². The van der Waals surface area contributed by atoms with Gasteiger partial charge in [0.1, 0.15) is 0 Å². The number of carbonyl (C=O) groups is 1. The average Bonchev–Trinajstić information content (AvgIpc) is 2.03. The van der Waals surface area contributed by atoms with Gasteiger partial charge in [0.15, 0.2) is 0 Å². The van der Waals surface area contributed by atoms with Crippen molar-refractivity contribution in [2.24, 2.45) is 0 Å². The number of hydrogen-bond donors (Lipinski definition) is 0. The van der Waals surface area contributed by atoms with Crippen LogP contribution in [-0.2, 0) is 9.53 Å². The van der Waals surface area contributed by atoms with Gasteiger partial charge in [-0.15, -0.1) is 0 Å². The quantitative estimate of drug-likeness (QED) is 0.206. The molecule has 0 fully saturated rings. The molecule has 0 bridgehead atoms. The van der Waals surface area contributed by atoms with Gasteiger partial charge in [0.25, 0.3) is 0 Å². The van der Waals surface area contributed by atoms with Crippen molar-refractivity contribution >= 4 is 57.4 Å². The molecule has 0 saturated heterocycles. The van der Waals surface area contributed by atoms with Crippen molar-refractivity contribution in [2.75, 3.05) is 7.11 Å². The van der Waals surface area contributed by atoms with Crippen molar-refractivity contribution in [1.82, 2.24) is 0 Å². The standard InChI is InChI=1S/C5H8N2O6.K/c1-13-5(8)3-2-4(6(9)10)7(11)12;/h4H,2-3H2,1H3;. The van der Waals surface area contributed by atoms with E-state index in [9.17, 15) is 25.0 Å². The third kappa shape index (κ3) is 6.37. The van der Waals surface area contributed by atoms with Gasteiger partial charge in [-0.2, -0.15) is 0 Å². The van der Waals surface area contributed by atoms with Crippen molar-refractivity contribution in [1.29, 1.82) is 0 Å². The van der Waals surface area contributed by atoms with Gasteiger partial charge >= 0.3 is 12.1 Å².